The fourth-order valence-electron chi connectivity index (χ4n) is 1.29. The summed E-state index contributed by atoms with van der Waals surface area (Å²) in [6.07, 6.45) is 5.32. The van der Waals surface area contributed by atoms with Gasteiger partial charge < -0.3 is 0 Å². The van der Waals surface area contributed by atoms with Crippen LogP contribution in [0.15, 0.2) is 0 Å². The van der Waals surface area contributed by atoms with Crippen LogP contribution in [0.25, 0.3) is 0 Å². The molecule has 0 saturated heterocycles. The summed E-state index contributed by atoms with van der Waals surface area (Å²) in [6.45, 7) is 0. The Morgan fingerprint density at radius 3 is 3.18 bits per heavy atom. The molecule has 2 rings (SSSR count). The first-order valence-electron chi connectivity index (χ1n) is 3.54. The molecule has 1 aliphatic carbocycles. The van der Waals surface area contributed by atoms with E-state index < -0.39 is 0 Å². The summed E-state index contributed by atoms with van der Waals surface area (Å²) >= 11 is 1.60. The number of nitrogens with one attached hydrogen (secondary N) is 1. The van der Waals surface area contributed by atoms with Crippen molar-refractivity contribution in [3.63, 3.8) is 0 Å². The number of nitriles is 1. The van der Waals surface area contributed by atoms with Crippen LogP contribution >= 0.6 is 11.3 Å². The highest BCUT2D eigenvalue weighted by molar-refractivity contribution is 7.15. The van der Waals surface area contributed by atoms with E-state index >= 15 is 0 Å². The normalized spacial score (nSPS) is 14.1. The summed E-state index contributed by atoms with van der Waals surface area (Å²) in [5, 5.41) is 11.6. The molecule has 1 aliphatic rings. The molecule has 0 fully saturated rings. The summed E-state index contributed by atoms with van der Waals surface area (Å²) in [6, 6.07) is 0. The van der Waals surface area contributed by atoms with Crippen LogP contribution in [-0.2, 0) is 12.8 Å². The van der Waals surface area contributed by atoms with Gasteiger partial charge in [-0.05, 0) is 19.3 Å². The number of anilines is 1. The quantitative estimate of drug-likeness (QED) is 0.507. The van der Waals surface area contributed by atoms with Gasteiger partial charge in [0.05, 0.1) is 5.69 Å². The maximum absolute atomic E-state index is 8.32. The van der Waals surface area contributed by atoms with Gasteiger partial charge in [0.15, 0.2) is 11.3 Å². The molecule has 11 heavy (non-hydrogen) atoms. The molecular formula is C7H7N3S. The summed E-state index contributed by atoms with van der Waals surface area (Å²) in [5.41, 5.74) is 1.19. The van der Waals surface area contributed by atoms with Crippen molar-refractivity contribution in [2.75, 3.05) is 5.32 Å². The topological polar surface area (TPSA) is 48.7 Å². The lowest BCUT2D eigenvalue weighted by Gasteiger charge is -1.86. The zero-order valence-corrected chi connectivity index (χ0v) is 6.74. The minimum absolute atomic E-state index is 0.747. The predicted molar refractivity (Wildman–Crippen MR) is 43.4 cm³/mol. The van der Waals surface area contributed by atoms with Crippen LogP contribution < -0.4 is 5.32 Å². The first kappa shape index (κ1) is 6.62. The number of aryl methyl sites for hydroxylation is 2. The maximum Gasteiger partial charge on any atom is 0.196 e. The molecule has 0 radical (unpaired) electrons. The van der Waals surface area contributed by atoms with Gasteiger partial charge in [-0.15, -0.1) is 11.3 Å². The molecule has 1 aromatic heterocycles. The average molecular weight is 165 g/mol. The third-order valence-electron chi connectivity index (χ3n) is 1.76. The number of hydrogen-bond donors (Lipinski definition) is 1. The smallest absolute Gasteiger partial charge is 0.196 e. The molecule has 0 atom stereocenters. The van der Waals surface area contributed by atoms with E-state index in [9.17, 15) is 0 Å². The summed E-state index contributed by atoms with van der Waals surface area (Å²) < 4.78 is 0. The van der Waals surface area contributed by atoms with E-state index in [0.29, 0.717) is 0 Å². The fourth-order valence-corrected chi connectivity index (χ4v) is 2.29. The molecule has 0 unspecified atom stereocenters. The van der Waals surface area contributed by atoms with Crippen molar-refractivity contribution in [2.45, 2.75) is 19.3 Å². The second kappa shape index (κ2) is 2.51. The van der Waals surface area contributed by atoms with Gasteiger partial charge in [-0.3, -0.25) is 5.32 Å². The molecule has 0 amide bonds. The van der Waals surface area contributed by atoms with Gasteiger partial charge in [-0.1, -0.05) is 0 Å². The second-order valence-electron chi connectivity index (χ2n) is 2.48. The molecule has 0 spiro atoms. The SMILES string of the molecule is N#CNc1nc2c(s1)CCC2. The van der Waals surface area contributed by atoms with E-state index in [1.165, 1.54) is 17.0 Å². The zero-order valence-electron chi connectivity index (χ0n) is 5.92. The number of fused-ring (bicyclic) bond motifs is 1. The van der Waals surface area contributed by atoms with Crippen LogP contribution in [0, 0.1) is 11.5 Å². The fraction of sp³-hybridized carbons (Fsp3) is 0.429. The molecule has 0 aliphatic heterocycles. The van der Waals surface area contributed by atoms with Crippen LogP contribution in [0.1, 0.15) is 17.0 Å². The summed E-state index contributed by atoms with van der Waals surface area (Å²) in [5.74, 6) is 0. The van der Waals surface area contributed by atoms with Gasteiger partial charge in [-0.25, -0.2) is 4.98 Å². The number of thiazole rings is 1. The first-order valence-corrected chi connectivity index (χ1v) is 4.35. The molecule has 1 N–H and O–H groups in total. The highest BCUT2D eigenvalue weighted by Crippen LogP contribution is 2.29. The Hall–Kier alpha value is -1.08. The minimum atomic E-state index is 0.747. The van der Waals surface area contributed by atoms with Gasteiger partial charge in [-0.2, -0.15) is 5.26 Å². The first-order chi connectivity index (χ1) is 5.40. The second-order valence-corrected chi connectivity index (χ2v) is 3.56. The number of aromatic nitrogens is 1. The van der Waals surface area contributed by atoms with E-state index in [-0.39, 0.29) is 0 Å². The monoisotopic (exact) mass is 165 g/mol. The van der Waals surface area contributed by atoms with E-state index in [1.807, 2.05) is 6.19 Å². The molecule has 4 heteroatoms. The van der Waals surface area contributed by atoms with E-state index in [4.69, 9.17) is 5.26 Å². The number of hydrogen-bond acceptors (Lipinski definition) is 4. The van der Waals surface area contributed by atoms with E-state index in [0.717, 1.165) is 18.0 Å². The Bertz CT molecular complexity index is 288. The van der Waals surface area contributed by atoms with Gasteiger partial charge in [0, 0.05) is 4.88 Å². The van der Waals surface area contributed by atoms with Crippen LogP contribution in [0.3, 0.4) is 0 Å². The third kappa shape index (κ3) is 1.08. The Labute approximate surface area is 68.7 Å². The van der Waals surface area contributed by atoms with Crippen LogP contribution in [0.5, 0.6) is 0 Å². The molecular weight excluding hydrogens is 158 g/mol. The average Bonchev–Trinajstić information content (AvgIpc) is 2.46. The van der Waals surface area contributed by atoms with Crippen molar-refractivity contribution in [1.29, 1.82) is 5.26 Å². The third-order valence-corrected chi connectivity index (χ3v) is 2.83. The number of nitrogens with zero attached hydrogens (tertiary/aromatic N) is 2. The number of rotatable bonds is 1. The Balaban J connectivity index is 2.29. The Kier molecular flexibility index (Phi) is 1.51. The predicted octanol–water partition coefficient (Wildman–Crippen LogP) is 1.52. The largest absolute Gasteiger partial charge is 0.268 e. The van der Waals surface area contributed by atoms with Crippen LogP contribution in [0.4, 0.5) is 5.13 Å². The molecule has 56 valence electrons. The molecule has 0 bridgehead atoms. The molecule has 1 heterocycles. The summed E-state index contributed by atoms with van der Waals surface area (Å²) in [4.78, 5) is 5.62. The highest BCUT2D eigenvalue weighted by atomic mass is 32.1. The maximum atomic E-state index is 8.32. The molecule has 3 nitrogen and oxygen atoms in total. The highest BCUT2D eigenvalue weighted by Gasteiger charge is 2.15. The van der Waals surface area contributed by atoms with Gasteiger partial charge >= 0.3 is 0 Å². The van der Waals surface area contributed by atoms with Crippen molar-refractivity contribution in [3.05, 3.63) is 10.6 Å². The minimum Gasteiger partial charge on any atom is -0.268 e. The zero-order chi connectivity index (χ0) is 7.68. The Morgan fingerprint density at radius 1 is 1.55 bits per heavy atom. The molecule has 0 aromatic carbocycles. The van der Waals surface area contributed by atoms with E-state index in [2.05, 4.69) is 10.3 Å². The summed E-state index contributed by atoms with van der Waals surface area (Å²) in [7, 11) is 0. The molecule has 1 aromatic rings. The molecule has 0 saturated carbocycles. The lowest BCUT2D eigenvalue weighted by Crippen LogP contribution is -1.86. The van der Waals surface area contributed by atoms with Gasteiger partial charge in [0.2, 0.25) is 0 Å². The lowest BCUT2D eigenvalue weighted by atomic mass is 10.4. The standard InChI is InChI=1S/C7H7N3S/c8-4-9-7-10-5-2-1-3-6(5)11-7/h1-3H2,(H,9,10). The van der Waals surface area contributed by atoms with Crippen LogP contribution in [-0.4, -0.2) is 4.98 Å². The van der Waals surface area contributed by atoms with Gasteiger partial charge in [0.25, 0.3) is 0 Å². The van der Waals surface area contributed by atoms with Crippen molar-refractivity contribution in [2.24, 2.45) is 0 Å². The Morgan fingerprint density at radius 2 is 2.45 bits per heavy atom. The van der Waals surface area contributed by atoms with Crippen molar-refractivity contribution < 1.29 is 0 Å². The van der Waals surface area contributed by atoms with Crippen molar-refractivity contribution in [1.82, 2.24) is 4.98 Å². The lowest BCUT2D eigenvalue weighted by molar-refractivity contribution is 0.900. The van der Waals surface area contributed by atoms with E-state index in [1.54, 1.807) is 11.3 Å². The van der Waals surface area contributed by atoms with Crippen molar-refractivity contribution >= 4 is 16.5 Å². The van der Waals surface area contributed by atoms with Crippen molar-refractivity contribution in [3.8, 4) is 6.19 Å². The van der Waals surface area contributed by atoms with Crippen LogP contribution in [0.2, 0.25) is 0 Å². The van der Waals surface area contributed by atoms with Gasteiger partial charge in [0.1, 0.15) is 0 Å².